The van der Waals surface area contributed by atoms with Gasteiger partial charge in [0, 0.05) is 17.8 Å². The Bertz CT molecular complexity index is 505. The zero-order chi connectivity index (χ0) is 9.71. The van der Waals surface area contributed by atoms with E-state index < -0.39 is 0 Å². The smallest absolute Gasteiger partial charge is 0.146 e. The van der Waals surface area contributed by atoms with Crippen molar-refractivity contribution < 1.29 is 0 Å². The van der Waals surface area contributed by atoms with Crippen LogP contribution < -0.4 is 11.1 Å². The van der Waals surface area contributed by atoms with Gasteiger partial charge in [0.1, 0.15) is 11.6 Å². The number of nitrogens with two attached hydrogens (primary N) is 1. The largest absolute Gasteiger partial charge is 0.382 e. The SMILES string of the molecule is CC1Cc2c(ncc3c(N)nsc23)N1. The van der Waals surface area contributed by atoms with Gasteiger partial charge in [-0.15, -0.1) is 0 Å². The first-order chi connectivity index (χ1) is 6.75. The van der Waals surface area contributed by atoms with Crippen LogP contribution in [0.2, 0.25) is 0 Å². The van der Waals surface area contributed by atoms with Crippen molar-refractivity contribution in [1.82, 2.24) is 9.36 Å². The Hall–Kier alpha value is -1.36. The van der Waals surface area contributed by atoms with Crippen LogP contribution in [0, 0.1) is 0 Å². The van der Waals surface area contributed by atoms with Gasteiger partial charge in [-0.3, -0.25) is 0 Å². The summed E-state index contributed by atoms with van der Waals surface area (Å²) < 4.78 is 5.33. The molecule has 0 fully saturated rings. The first-order valence-electron chi connectivity index (χ1n) is 4.55. The van der Waals surface area contributed by atoms with Crippen LogP contribution in [-0.4, -0.2) is 15.4 Å². The number of hydrogen-bond acceptors (Lipinski definition) is 5. The lowest BCUT2D eigenvalue weighted by atomic mass is 10.1. The summed E-state index contributed by atoms with van der Waals surface area (Å²) in [4.78, 5) is 4.35. The van der Waals surface area contributed by atoms with Crippen molar-refractivity contribution in [3.8, 4) is 0 Å². The minimum absolute atomic E-state index is 0.464. The fourth-order valence-corrected chi connectivity index (χ4v) is 2.70. The molecule has 5 heteroatoms. The molecule has 0 saturated carbocycles. The summed E-state index contributed by atoms with van der Waals surface area (Å²) in [5.74, 6) is 1.59. The number of pyridine rings is 1. The predicted octanol–water partition coefficient (Wildman–Crippen LogP) is 1.63. The fraction of sp³-hybridized carbons (Fsp3) is 0.333. The lowest BCUT2D eigenvalue weighted by Gasteiger charge is -2.00. The molecule has 3 rings (SSSR count). The van der Waals surface area contributed by atoms with Crippen LogP contribution in [0.15, 0.2) is 6.20 Å². The van der Waals surface area contributed by atoms with Gasteiger partial charge < -0.3 is 11.1 Å². The van der Waals surface area contributed by atoms with Crippen LogP contribution in [0.5, 0.6) is 0 Å². The number of hydrogen-bond donors (Lipinski definition) is 2. The molecule has 0 spiro atoms. The molecule has 1 aliphatic heterocycles. The van der Waals surface area contributed by atoms with E-state index in [-0.39, 0.29) is 0 Å². The number of aromatic nitrogens is 2. The van der Waals surface area contributed by atoms with Gasteiger partial charge >= 0.3 is 0 Å². The molecule has 14 heavy (non-hydrogen) atoms. The summed E-state index contributed by atoms with van der Waals surface area (Å²) >= 11 is 1.47. The molecule has 0 aliphatic carbocycles. The van der Waals surface area contributed by atoms with Gasteiger partial charge in [-0.05, 0) is 24.9 Å². The third-order valence-electron chi connectivity index (χ3n) is 2.53. The van der Waals surface area contributed by atoms with Gasteiger partial charge in [-0.2, -0.15) is 4.37 Å². The van der Waals surface area contributed by atoms with E-state index in [1.165, 1.54) is 21.8 Å². The topological polar surface area (TPSA) is 63.8 Å². The highest BCUT2D eigenvalue weighted by Crippen LogP contribution is 2.35. The Labute approximate surface area is 85.3 Å². The first kappa shape index (κ1) is 7.99. The van der Waals surface area contributed by atoms with E-state index >= 15 is 0 Å². The average molecular weight is 206 g/mol. The van der Waals surface area contributed by atoms with Crippen molar-refractivity contribution in [2.45, 2.75) is 19.4 Å². The van der Waals surface area contributed by atoms with Gasteiger partial charge in [0.2, 0.25) is 0 Å². The number of fused-ring (bicyclic) bond motifs is 3. The van der Waals surface area contributed by atoms with Crippen molar-refractivity contribution in [2.75, 3.05) is 11.1 Å². The van der Waals surface area contributed by atoms with E-state index in [9.17, 15) is 0 Å². The quantitative estimate of drug-likeness (QED) is 0.687. The summed E-state index contributed by atoms with van der Waals surface area (Å²) in [6, 6.07) is 0.464. The minimum Gasteiger partial charge on any atom is -0.382 e. The highest BCUT2D eigenvalue weighted by molar-refractivity contribution is 7.14. The number of rotatable bonds is 0. The van der Waals surface area contributed by atoms with Gasteiger partial charge in [-0.25, -0.2) is 4.98 Å². The van der Waals surface area contributed by atoms with E-state index in [1.807, 2.05) is 0 Å². The lowest BCUT2D eigenvalue weighted by Crippen LogP contribution is -2.08. The van der Waals surface area contributed by atoms with Crippen molar-refractivity contribution in [3.05, 3.63) is 11.8 Å². The zero-order valence-corrected chi connectivity index (χ0v) is 8.56. The molecule has 3 heterocycles. The molecule has 0 amide bonds. The highest BCUT2D eigenvalue weighted by Gasteiger charge is 2.22. The summed E-state index contributed by atoms with van der Waals surface area (Å²) in [6.45, 7) is 2.15. The number of anilines is 2. The average Bonchev–Trinajstić information content (AvgIpc) is 2.68. The molecule has 0 radical (unpaired) electrons. The molecule has 0 aromatic carbocycles. The second-order valence-electron chi connectivity index (χ2n) is 3.65. The molecule has 0 saturated heterocycles. The maximum absolute atomic E-state index is 5.74. The number of nitrogen functional groups attached to an aromatic ring is 1. The Morgan fingerprint density at radius 1 is 1.64 bits per heavy atom. The monoisotopic (exact) mass is 206 g/mol. The van der Waals surface area contributed by atoms with Crippen LogP contribution in [-0.2, 0) is 6.42 Å². The summed E-state index contributed by atoms with van der Waals surface area (Å²) in [7, 11) is 0. The third kappa shape index (κ3) is 0.928. The second-order valence-corrected chi connectivity index (χ2v) is 4.42. The Morgan fingerprint density at radius 3 is 3.36 bits per heavy atom. The Morgan fingerprint density at radius 2 is 2.50 bits per heavy atom. The van der Waals surface area contributed by atoms with Crippen molar-refractivity contribution in [3.63, 3.8) is 0 Å². The van der Waals surface area contributed by atoms with E-state index in [2.05, 4.69) is 21.6 Å². The van der Waals surface area contributed by atoms with E-state index in [0.29, 0.717) is 11.9 Å². The molecule has 1 aliphatic rings. The Balaban J connectivity index is 2.34. The molecule has 0 bridgehead atoms. The lowest BCUT2D eigenvalue weighted by molar-refractivity contribution is 0.841. The van der Waals surface area contributed by atoms with Crippen LogP contribution in [0.3, 0.4) is 0 Å². The molecule has 1 unspecified atom stereocenters. The van der Waals surface area contributed by atoms with Gasteiger partial charge in [0.15, 0.2) is 0 Å². The Kier molecular flexibility index (Phi) is 1.47. The molecular weight excluding hydrogens is 196 g/mol. The van der Waals surface area contributed by atoms with Crippen molar-refractivity contribution in [1.29, 1.82) is 0 Å². The molecular formula is C9H10N4S. The van der Waals surface area contributed by atoms with Crippen LogP contribution in [0.1, 0.15) is 12.5 Å². The molecule has 3 N–H and O–H groups in total. The van der Waals surface area contributed by atoms with E-state index in [4.69, 9.17) is 5.73 Å². The number of nitrogens with zero attached hydrogens (tertiary/aromatic N) is 2. The maximum Gasteiger partial charge on any atom is 0.146 e. The predicted molar refractivity (Wildman–Crippen MR) is 58.6 cm³/mol. The zero-order valence-electron chi connectivity index (χ0n) is 7.74. The molecule has 2 aromatic rings. The molecule has 72 valence electrons. The summed E-state index contributed by atoms with van der Waals surface area (Å²) in [5, 5.41) is 4.32. The maximum atomic E-state index is 5.74. The summed E-state index contributed by atoms with van der Waals surface area (Å²) in [5.41, 5.74) is 7.01. The van der Waals surface area contributed by atoms with Crippen LogP contribution >= 0.6 is 11.5 Å². The molecule has 1 atom stereocenters. The van der Waals surface area contributed by atoms with E-state index in [1.54, 1.807) is 6.20 Å². The van der Waals surface area contributed by atoms with Gasteiger partial charge in [0.05, 0.1) is 10.1 Å². The molecule has 4 nitrogen and oxygen atoms in total. The third-order valence-corrected chi connectivity index (χ3v) is 3.47. The highest BCUT2D eigenvalue weighted by atomic mass is 32.1. The van der Waals surface area contributed by atoms with Crippen molar-refractivity contribution in [2.24, 2.45) is 0 Å². The second kappa shape index (κ2) is 2.57. The van der Waals surface area contributed by atoms with E-state index in [0.717, 1.165) is 17.6 Å². The van der Waals surface area contributed by atoms with Gasteiger partial charge in [0.25, 0.3) is 0 Å². The normalized spacial score (nSPS) is 19.6. The fourth-order valence-electron chi connectivity index (χ4n) is 1.87. The van der Waals surface area contributed by atoms with Crippen LogP contribution in [0.4, 0.5) is 11.6 Å². The van der Waals surface area contributed by atoms with Crippen molar-refractivity contribution >= 4 is 33.3 Å². The van der Waals surface area contributed by atoms with Crippen LogP contribution in [0.25, 0.3) is 10.1 Å². The molecule has 2 aromatic heterocycles. The standard InChI is InChI=1S/C9H10N4S/c1-4-2-5-7-6(8(10)13-14-7)3-11-9(5)12-4/h3-4H,2H2,1H3,(H2,10,13)(H,11,12). The van der Waals surface area contributed by atoms with Gasteiger partial charge in [-0.1, -0.05) is 0 Å². The first-order valence-corrected chi connectivity index (χ1v) is 5.32. The number of nitrogens with one attached hydrogen (secondary N) is 1. The summed E-state index contributed by atoms with van der Waals surface area (Å²) in [6.07, 6.45) is 2.82. The minimum atomic E-state index is 0.464.